The van der Waals surface area contributed by atoms with E-state index in [1.54, 1.807) is 50.4 Å². The lowest BCUT2D eigenvalue weighted by molar-refractivity contribution is 0.0994. The van der Waals surface area contributed by atoms with E-state index in [1.165, 1.54) is 0 Å². The molecule has 2 rings (SSSR count). The van der Waals surface area contributed by atoms with Gasteiger partial charge in [0, 0.05) is 5.69 Å². The molecule has 100 valence electrons. The molecule has 1 aromatic carbocycles. The quantitative estimate of drug-likeness (QED) is 0.885. The SMILES string of the molecule is COc1ccc(NC(=O)c2ccc(C(C)N)o2)cc1. The Labute approximate surface area is 111 Å². The number of furan rings is 1. The molecule has 1 aromatic heterocycles. The van der Waals surface area contributed by atoms with Crippen molar-refractivity contribution >= 4 is 11.6 Å². The van der Waals surface area contributed by atoms with E-state index in [0.29, 0.717) is 11.4 Å². The summed E-state index contributed by atoms with van der Waals surface area (Å²) in [4.78, 5) is 11.9. The van der Waals surface area contributed by atoms with Crippen molar-refractivity contribution in [2.24, 2.45) is 5.73 Å². The van der Waals surface area contributed by atoms with Gasteiger partial charge in [0.15, 0.2) is 5.76 Å². The Balaban J connectivity index is 2.06. The van der Waals surface area contributed by atoms with Gasteiger partial charge in [-0.1, -0.05) is 0 Å². The summed E-state index contributed by atoms with van der Waals surface area (Å²) in [5, 5.41) is 2.73. The standard InChI is InChI=1S/C14H16N2O3/c1-9(15)12-7-8-13(19-12)14(17)16-10-3-5-11(18-2)6-4-10/h3-9H,15H2,1-2H3,(H,16,17). The van der Waals surface area contributed by atoms with Crippen LogP contribution >= 0.6 is 0 Å². The highest BCUT2D eigenvalue weighted by Gasteiger charge is 2.13. The Kier molecular flexibility index (Phi) is 3.87. The van der Waals surface area contributed by atoms with E-state index < -0.39 is 0 Å². The molecule has 2 aromatic rings. The zero-order valence-electron chi connectivity index (χ0n) is 10.8. The maximum absolute atomic E-state index is 11.9. The lowest BCUT2D eigenvalue weighted by Gasteiger charge is -2.05. The van der Waals surface area contributed by atoms with E-state index in [4.69, 9.17) is 14.9 Å². The number of hydrogen-bond donors (Lipinski definition) is 2. The van der Waals surface area contributed by atoms with Gasteiger partial charge >= 0.3 is 0 Å². The fraction of sp³-hybridized carbons (Fsp3) is 0.214. The van der Waals surface area contributed by atoms with Crippen molar-refractivity contribution in [1.82, 2.24) is 0 Å². The van der Waals surface area contributed by atoms with Crippen LogP contribution in [0.15, 0.2) is 40.8 Å². The molecule has 1 heterocycles. The molecule has 0 aliphatic heterocycles. The van der Waals surface area contributed by atoms with Crippen molar-refractivity contribution in [2.45, 2.75) is 13.0 Å². The van der Waals surface area contributed by atoms with Gasteiger partial charge in [-0.3, -0.25) is 4.79 Å². The maximum atomic E-state index is 11.9. The first-order valence-corrected chi connectivity index (χ1v) is 5.91. The van der Waals surface area contributed by atoms with Crippen LogP contribution in [-0.2, 0) is 0 Å². The average molecular weight is 260 g/mol. The fourth-order valence-corrected chi connectivity index (χ4v) is 1.59. The minimum atomic E-state index is -0.308. The highest BCUT2D eigenvalue weighted by atomic mass is 16.5. The molecular formula is C14H16N2O3. The van der Waals surface area contributed by atoms with Gasteiger partial charge in [0.25, 0.3) is 5.91 Å². The van der Waals surface area contributed by atoms with Crippen LogP contribution in [0.2, 0.25) is 0 Å². The molecule has 1 unspecified atom stereocenters. The van der Waals surface area contributed by atoms with Gasteiger partial charge in [0.05, 0.1) is 13.2 Å². The molecule has 3 N–H and O–H groups in total. The van der Waals surface area contributed by atoms with Crippen molar-refractivity contribution in [2.75, 3.05) is 12.4 Å². The Bertz CT molecular complexity index is 558. The summed E-state index contributed by atoms with van der Waals surface area (Å²) in [6.45, 7) is 1.80. The number of rotatable bonds is 4. The second-order valence-electron chi connectivity index (χ2n) is 4.17. The minimum Gasteiger partial charge on any atom is -0.497 e. The van der Waals surface area contributed by atoms with Crippen molar-refractivity contribution in [1.29, 1.82) is 0 Å². The van der Waals surface area contributed by atoms with E-state index in [0.717, 1.165) is 5.75 Å². The third kappa shape index (κ3) is 3.14. The summed E-state index contributed by atoms with van der Waals surface area (Å²) < 4.78 is 10.4. The number of nitrogens with two attached hydrogens (primary N) is 1. The van der Waals surface area contributed by atoms with Crippen LogP contribution in [0.5, 0.6) is 5.75 Å². The van der Waals surface area contributed by atoms with Crippen LogP contribution in [0.4, 0.5) is 5.69 Å². The molecule has 0 aliphatic carbocycles. The van der Waals surface area contributed by atoms with Crippen molar-refractivity contribution in [3.05, 3.63) is 47.9 Å². The minimum absolute atomic E-state index is 0.234. The van der Waals surface area contributed by atoms with Gasteiger partial charge in [-0.25, -0.2) is 0 Å². The molecule has 0 saturated heterocycles. The van der Waals surface area contributed by atoms with Crippen LogP contribution in [0.3, 0.4) is 0 Å². The van der Waals surface area contributed by atoms with Gasteiger partial charge in [0.2, 0.25) is 0 Å². The lowest BCUT2D eigenvalue weighted by Crippen LogP contribution is -2.11. The highest BCUT2D eigenvalue weighted by molar-refractivity contribution is 6.02. The molecule has 0 bridgehead atoms. The van der Waals surface area contributed by atoms with Crippen molar-refractivity contribution in [3.8, 4) is 5.75 Å². The topological polar surface area (TPSA) is 77.5 Å². The van der Waals surface area contributed by atoms with Gasteiger partial charge < -0.3 is 20.2 Å². The molecular weight excluding hydrogens is 244 g/mol. The first kappa shape index (κ1) is 13.2. The summed E-state index contributed by atoms with van der Waals surface area (Å²) in [6.07, 6.45) is 0. The third-order valence-corrected chi connectivity index (χ3v) is 2.65. The van der Waals surface area contributed by atoms with Gasteiger partial charge in [-0.2, -0.15) is 0 Å². The number of carbonyl (C=O) groups is 1. The predicted octanol–water partition coefficient (Wildman–Crippen LogP) is 2.56. The van der Waals surface area contributed by atoms with E-state index in [1.807, 2.05) is 0 Å². The van der Waals surface area contributed by atoms with E-state index in [2.05, 4.69) is 5.32 Å². The van der Waals surface area contributed by atoms with Crippen LogP contribution in [-0.4, -0.2) is 13.0 Å². The number of methoxy groups -OCH3 is 1. The smallest absolute Gasteiger partial charge is 0.291 e. The number of benzene rings is 1. The number of hydrogen-bond acceptors (Lipinski definition) is 4. The molecule has 0 spiro atoms. The first-order valence-electron chi connectivity index (χ1n) is 5.91. The van der Waals surface area contributed by atoms with Crippen LogP contribution < -0.4 is 15.8 Å². The number of anilines is 1. The van der Waals surface area contributed by atoms with Gasteiger partial charge in [-0.05, 0) is 43.3 Å². The number of nitrogens with one attached hydrogen (secondary N) is 1. The number of amides is 1. The summed E-state index contributed by atoms with van der Waals surface area (Å²) >= 11 is 0. The molecule has 1 amide bonds. The van der Waals surface area contributed by atoms with Crippen LogP contribution in [0.1, 0.15) is 29.3 Å². The molecule has 0 saturated carbocycles. The molecule has 1 atom stereocenters. The molecule has 0 radical (unpaired) electrons. The average Bonchev–Trinajstić information content (AvgIpc) is 2.89. The molecule has 0 fully saturated rings. The van der Waals surface area contributed by atoms with Crippen molar-refractivity contribution < 1.29 is 13.9 Å². The van der Waals surface area contributed by atoms with Crippen LogP contribution in [0, 0.1) is 0 Å². The normalized spacial score (nSPS) is 11.9. The van der Waals surface area contributed by atoms with E-state index >= 15 is 0 Å². The number of carbonyl (C=O) groups excluding carboxylic acids is 1. The Hall–Kier alpha value is -2.27. The Morgan fingerprint density at radius 2 is 1.95 bits per heavy atom. The molecule has 5 nitrogen and oxygen atoms in total. The lowest BCUT2D eigenvalue weighted by atomic mass is 10.3. The Morgan fingerprint density at radius 3 is 2.47 bits per heavy atom. The molecule has 0 aliphatic rings. The molecule has 5 heteroatoms. The third-order valence-electron chi connectivity index (χ3n) is 2.65. The van der Waals surface area contributed by atoms with Crippen molar-refractivity contribution in [3.63, 3.8) is 0 Å². The van der Waals surface area contributed by atoms with Crippen LogP contribution in [0.25, 0.3) is 0 Å². The largest absolute Gasteiger partial charge is 0.497 e. The summed E-state index contributed by atoms with van der Waals surface area (Å²) in [5.41, 5.74) is 6.34. The second-order valence-corrected chi connectivity index (χ2v) is 4.17. The number of ether oxygens (including phenoxy) is 1. The fourth-order valence-electron chi connectivity index (χ4n) is 1.59. The molecule has 19 heavy (non-hydrogen) atoms. The monoisotopic (exact) mass is 260 g/mol. The van der Waals surface area contributed by atoms with E-state index in [9.17, 15) is 4.79 Å². The zero-order chi connectivity index (χ0) is 13.8. The maximum Gasteiger partial charge on any atom is 0.291 e. The summed E-state index contributed by atoms with van der Waals surface area (Å²) in [6, 6.07) is 10.1. The Morgan fingerprint density at radius 1 is 1.26 bits per heavy atom. The first-order chi connectivity index (χ1) is 9.10. The predicted molar refractivity (Wildman–Crippen MR) is 72.3 cm³/mol. The van der Waals surface area contributed by atoms with Gasteiger partial charge in [0.1, 0.15) is 11.5 Å². The van der Waals surface area contributed by atoms with E-state index in [-0.39, 0.29) is 17.7 Å². The summed E-state index contributed by atoms with van der Waals surface area (Å²) in [7, 11) is 1.59. The highest BCUT2D eigenvalue weighted by Crippen LogP contribution is 2.18. The second kappa shape index (κ2) is 5.58. The summed E-state index contributed by atoms with van der Waals surface area (Å²) in [5.74, 6) is 1.25. The van der Waals surface area contributed by atoms with Gasteiger partial charge in [-0.15, -0.1) is 0 Å². The zero-order valence-corrected chi connectivity index (χ0v) is 10.8.